The quantitative estimate of drug-likeness (QED) is 0.249. The van der Waals surface area contributed by atoms with Gasteiger partial charge in [-0.2, -0.15) is 28.1 Å². The summed E-state index contributed by atoms with van der Waals surface area (Å²) >= 11 is 0. The number of anilines is 3. The number of aromatic nitrogens is 3. The van der Waals surface area contributed by atoms with E-state index in [9.17, 15) is 27.9 Å². The van der Waals surface area contributed by atoms with Crippen molar-refractivity contribution in [1.82, 2.24) is 20.3 Å². The van der Waals surface area contributed by atoms with E-state index in [4.69, 9.17) is 14.2 Å². The summed E-state index contributed by atoms with van der Waals surface area (Å²) in [5, 5.41) is 18.1. The van der Waals surface area contributed by atoms with E-state index in [1.54, 1.807) is 6.92 Å². The number of carboxylic acid groups (broad SMARTS) is 1. The Bertz CT molecular complexity index is 1470. The van der Waals surface area contributed by atoms with Crippen molar-refractivity contribution in [3.05, 3.63) is 53.6 Å². The molecule has 2 aromatic carbocycles. The lowest BCUT2D eigenvalue weighted by molar-refractivity contribution is -0.154. The van der Waals surface area contributed by atoms with E-state index in [1.165, 1.54) is 18.2 Å². The van der Waals surface area contributed by atoms with Crippen LogP contribution < -0.4 is 30.2 Å². The Kier molecular flexibility index (Phi) is 11.8. The lowest BCUT2D eigenvalue weighted by atomic mass is 9.99. The highest BCUT2D eigenvalue weighted by Crippen LogP contribution is 2.27. The van der Waals surface area contributed by atoms with Crippen molar-refractivity contribution < 1.29 is 42.1 Å². The number of hydrogen-bond acceptors (Lipinski definition) is 10. The Balaban J connectivity index is 1.65. The normalized spacial score (nSPS) is 15.4. The van der Waals surface area contributed by atoms with Gasteiger partial charge >= 0.3 is 18.2 Å². The number of benzene rings is 2. The number of nitrogens with one attached hydrogen (secondary N) is 3. The summed E-state index contributed by atoms with van der Waals surface area (Å²) in [6, 6.07) is 10.2. The van der Waals surface area contributed by atoms with E-state index < -0.39 is 36.7 Å². The number of halogens is 3. The van der Waals surface area contributed by atoms with E-state index in [0.29, 0.717) is 30.9 Å². The molecule has 0 radical (unpaired) electrons. The zero-order chi connectivity index (χ0) is 33.1. The van der Waals surface area contributed by atoms with Crippen LogP contribution in [0.25, 0.3) is 0 Å². The molecule has 248 valence electrons. The molecule has 2 atom stereocenters. The molecular weight excluding hydrogens is 609 g/mol. The average Bonchev–Trinajstić information content (AvgIpc) is 3.02. The predicted octanol–water partition coefficient (Wildman–Crippen LogP) is 5.73. The van der Waals surface area contributed by atoms with Crippen LogP contribution >= 0.6 is 0 Å². The number of alkyl halides is 3. The molecule has 46 heavy (non-hydrogen) atoms. The van der Waals surface area contributed by atoms with Crippen molar-refractivity contribution in [2.75, 3.05) is 30.5 Å². The topological polar surface area (TPSA) is 157 Å². The van der Waals surface area contributed by atoms with Crippen LogP contribution in [0.3, 0.4) is 0 Å². The Morgan fingerprint density at radius 2 is 1.70 bits per heavy atom. The number of carbonyl (C=O) groups excluding carboxylic acids is 1. The summed E-state index contributed by atoms with van der Waals surface area (Å²) < 4.78 is 55.3. The zero-order valence-electron chi connectivity index (χ0n) is 25.5. The fraction of sp³-hybridized carbons (Fsp3) is 0.452. The molecule has 1 aromatic heterocycles. The Morgan fingerprint density at radius 3 is 2.37 bits per heavy atom. The third kappa shape index (κ3) is 10.4. The summed E-state index contributed by atoms with van der Waals surface area (Å²) in [5.41, 5.74) is 1.31. The molecule has 2 aliphatic rings. The second-order valence-electron chi connectivity index (χ2n) is 10.8. The van der Waals surface area contributed by atoms with Crippen LogP contribution in [-0.2, 0) is 11.3 Å². The Labute approximate surface area is 264 Å². The third-order valence-electron chi connectivity index (χ3n) is 7.17. The monoisotopic (exact) mass is 646 g/mol. The van der Waals surface area contributed by atoms with Gasteiger partial charge in [0.25, 0.3) is 5.91 Å². The van der Waals surface area contributed by atoms with Crippen LogP contribution in [0.4, 0.5) is 30.8 Å². The van der Waals surface area contributed by atoms with Crippen LogP contribution in [0.2, 0.25) is 0 Å². The van der Waals surface area contributed by atoms with Crippen molar-refractivity contribution in [2.45, 2.75) is 64.7 Å². The van der Waals surface area contributed by atoms with Gasteiger partial charge in [-0.3, -0.25) is 4.79 Å². The van der Waals surface area contributed by atoms with Crippen molar-refractivity contribution in [3.8, 4) is 17.5 Å². The zero-order valence-corrected chi connectivity index (χ0v) is 25.5. The van der Waals surface area contributed by atoms with Crippen LogP contribution in [0.5, 0.6) is 17.5 Å². The lowest BCUT2D eigenvalue weighted by Gasteiger charge is -2.21. The molecule has 1 amide bonds. The van der Waals surface area contributed by atoms with Gasteiger partial charge in [-0.15, -0.1) is 0 Å². The third-order valence-corrected chi connectivity index (χ3v) is 7.17. The fourth-order valence-electron chi connectivity index (χ4n) is 4.46. The standard InChI is InChI=1S/C31H37F3N6O6/c1-3-19(2)25(27(42)43)37-26(41)23-13-10-21-16-24(23)45-15-7-5-4-6-14-44-22-11-8-20(9-12-22)17-35-28-38-29(36-21)40-30(39-28)46-18-31(32,33)34/h8-13,16,19,25H,3-7,14-15,17-18H2,1-2H3,(H,37,41)(H,42,43)(H2,35,36,38,39,40)/t19-,25?/m1/s1. The van der Waals surface area contributed by atoms with E-state index in [2.05, 4.69) is 30.9 Å². The van der Waals surface area contributed by atoms with E-state index in [1.807, 2.05) is 31.2 Å². The van der Waals surface area contributed by atoms with Crippen molar-refractivity contribution >= 4 is 29.5 Å². The molecule has 0 fully saturated rings. The first-order chi connectivity index (χ1) is 22.0. The van der Waals surface area contributed by atoms with E-state index in [0.717, 1.165) is 24.8 Å². The summed E-state index contributed by atoms with van der Waals surface area (Å²) in [6.07, 6.45) is -0.819. The molecule has 5 rings (SSSR count). The molecule has 6 bridgehead atoms. The molecule has 3 heterocycles. The maximum atomic E-state index is 13.3. The Hall–Kier alpha value is -4.82. The number of carbonyl (C=O) groups is 2. The molecule has 4 N–H and O–H groups in total. The maximum absolute atomic E-state index is 13.3. The number of hydrogen-bond donors (Lipinski definition) is 4. The SMILES string of the molecule is CC[C@@H](C)C(NC(=O)c1ccc2cc1OCCCCCCOc1ccc(cc1)CNc1nc(nc(OCC(F)(F)F)n1)N2)C(=O)O. The average molecular weight is 647 g/mol. The molecule has 12 nitrogen and oxygen atoms in total. The molecule has 0 saturated heterocycles. The highest BCUT2D eigenvalue weighted by molar-refractivity contribution is 5.99. The van der Waals surface area contributed by atoms with Gasteiger partial charge in [0.15, 0.2) is 6.61 Å². The maximum Gasteiger partial charge on any atom is 0.422 e. The number of fused-ring (bicyclic) bond motifs is 10. The van der Waals surface area contributed by atoms with Gasteiger partial charge in [0.05, 0.1) is 18.8 Å². The number of amides is 1. The van der Waals surface area contributed by atoms with Gasteiger partial charge in [0.1, 0.15) is 17.5 Å². The van der Waals surface area contributed by atoms with Crippen molar-refractivity contribution in [3.63, 3.8) is 0 Å². The Morgan fingerprint density at radius 1 is 1.00 bits per heavy atom. The number of carboxylic acids is 1. The predicted molar refractivity (Wildman–Crippen MR) is 163 cm³/mol. The van der Waals surface area contributed by atoms with Gasteiger partial charge in [0, 0.05) is 18.3 Å². The van der Waals surface area contributed by atoms with Gasteiger partial charge < -0.3 is 35.3 Å². The molecule has 2 aliphatic heterocycles. The summed E-state index contributed by atoms with van der Waals surface area (Å²) in [4.78, 5) is 37.3. The number of nitrogens with zero attached hydrogens (tertiary/aromatic N) is 3. The minimum atomic E-state index is -4.61. The van der Waals surface area contributed by atoms with Gasteiger partial charge in [-0.1, -0.05) is 32.4 Å². The summed E-state index contributed by atoms with van der Waals surface area (Å²) in [5.74, 6) is -1.39. The van der Waals surface area contributed by atoms with Gasteiger partial charge in [-0.25, -0.2) is 4.79 Å². The minimum absolute atomic E-state index is 0.0434. The van der Waals surface area contributed by atoms with Crippen LogP contribution in [0, 0.1) is 5.92 Å². The first-order valence-corrected chi connectivity index (χ1v) is 15.0. The first kappa shape index (κ1) is 34.1. The molecular formula is C31H37F3N6O6. The van der Waals surface area contributed by atoms with E-state index >= 15 is 0 Å². The van der Waals surface area contributed by atoms with E-state index in [-0.39, 0.29) is 42.3 Å². The smallest absolute Gasteiger partial charge is 0.422 e. The van der Waals surface area contributed by atoms with Crippen molar-refractivity contribution in [2.24, 2.45) is 5.92 Å². The molecule has 0 spiro atoms. The number of aliphatic carboxylic acids is 1. The number of rotatable bonds is 7. The van der Waals surface area contributed by atoms with Gasteiger partial charge in [-0.05, 0) is 61.4 Å². The van der Waals surface area contributed by atoms with Crippen molar-refractivity contribution in [1.29, 1.82) is 0 Å². The molecule has 1 unspecified atom stereocenters. The number of ether oxygens (including phenoxy) is 3. The largest absolute Gasteiger partial charge is 0.494 e. The van der Waals surface area contributed by atoms with Gasteiger partial charge in [0.2, 0.25) is 11.9 Å². The second-order valence-corrected chi connectivity index (χ2v) is 10.8. The lowest BCUT2D eigenvalue weighted by Crippen LogP contribution is -2.45. The highest BCUT2D eigenvalue weighted by Gasteiger charge is 2.30. The van der Waals surface area contributed by atoms with Crippen LogP contribution in [0.15, 0.2) is 42.5 Å². The second kappa shape index (κ2) is 16.0. The minimum Gasteiger partial charge on any atom is -0.494 e. The van der Waals surface area contributed by atoms with Crippen LogP contribution in [0.1, 0.15) is 61.9 Å². The first-order valence-electron chi connectivity index (χ1n) is 15.0. The molecule has 15 heteroatoms. The summed E-state index contributed by atoms with van der Waals surface area (Å²) in [6.45, 7) is 3.02. The molecule has 3 aromatic rings. The molecule has 0 aliphatic carbocycles. The fourth-order valence-corrected chi connectivity index (χ4v) is 4.46. The summed E-state index contributed by atoms with van der Waals surface area (Å²) in [7, 11) is 0. The highest BCUT2D eigenvalue weighted by atomic mass is 19.4. The van der Waals surface area contributed by atoms with Crippen LogP contribution in [-0.4, -0.2) is 64.0 Å². The molecule has 0 saturated carbocycles.